The molecule has 1 fully saturated rings. The van der Waals surface area contributed by atoms with Crippen molar-refractivity contribution in [3.8, 4) is 0 Å². The number of hydrogen-bond acceptors (Lipinski definition) is 2. The summed E-state index contributed by atoms with van der Waals surface area (Å²) in [4.78, 5) is 0. The summed E-state index contributed by atoms with van der Waals surface area (Å²) in [5.74, 6) is 0.762. The first-order valence-corrected chi connectivity index (χ1v) is 4.75. The van der Waals surface area contributed by atoms with Crippen LogP contribution < -0.4 is 10.6 Å². The van der Waals surface area contributed by atoms with Crippen molar-refractivity contribution < 1.29 is 0 Å². The Morgan fingerprint density at radius 2 is 1.82 bits per heavy atom. The van der Waals surface area contributed by atoms with E-state index in [9.17, 15) is 0 Å². The highest BCUT2D eigenvalue weighted by atomic mass is 15.1. The van der Waals surface area contributed by atoms with Crippen LogP contribution in [0.5, 0.6) is 0 Å². The van der Waals surface area contributed by atoms with E-state index in [4.69, 9.17) is 0 Å². The minimum absolute atomic E-state index is 0.693. The van der Waals surface area contributed by atoms with E-state index in [-0.39, 0.29) is 0 Å². The van der Waals surface area contributed by atoms with Crippen LogP contribution in [0.15, 0.2) is 0 Å². The minimum atomic E-state index is 0.693. The van der Waals surface area contributed by atoms with E-state index in [0.717, 1.165) is 25.6 Å². The fraction of sp³-hybridized carbons (Fsp3) is 1.00. The van der Waals surface area contributed by atoms with E-state index >= 15 is 0 Å². The maximum absolute atomic E-state index is 3.46. The average molecular weight is 158 g/mol. The molecule has 2 N–H and O–H groups in total. The molecule has 1 aliphatic rings. The summed E-state index contributed by atoms with van der Waals surface area (Å²) in [5, 5.41) is 6.81. The Balaban J connectivity index is 0.000000461. The van der Waals surface area contributed by atoms with Crippen LogP contribution in [0.4, 0.5) is 0 Å². The topological polar surface area (TPSA) is 24.1 Å². The summed E-state index contributed by atoms with van der Waals surface area (Å²) in [7, 11) is 0. The van der Waals surface area contributed by atoms with E-state index in [1.165, 1.54) is 0 Å². The first-order valence-electron chi connectivity index (χ1n) is 4.75. The zero-order valence-electron chi connectivity index (χ0n) is 8.28. The van der Waals surface area contributed by atoms with Crippen LogP contribution in [0, 0.1) is 5.92 Å². The van der Waals surface area contributed by atoms with Crippen molar-refractivity contribution in [1.29, 1.82) is 0 Å². The lowest BCUT2D eigenvalue weighted by Gasteiger charge is -2.27. The molecule has 0 saturated carbocycles. The van der Waals surface area contributed by atoms with Gasteiger partial charge in [-0.25, -0.2) is 0 Å². The van der Waals surface area contributed by atoms with Gasteiger partial charge >= 0.3 is 0 Å². The summed E-state index contributed by atoms with van der Waals surface area (Å²) < 4.78 is 0. The van der Waals surface area contributed by atoms with E-state index < -0.39 is 0 Å². The zero-order chi connectivity index (χ0) is 8.69. The standard InChI is InChI=1S/C7H16N2.C2H6/c1-6(2)7-5-8-3-4-9-7;1-2/h6-9H,3-5H2,1-2H3;1-2H3. The number of hydrogen-bond donors (Lipinski definition) is 2. The van der Waals surface area contributed by atoms with Gasteiger partial charge in [0.1, 0.15) is 0 Å². The molecular formula is C9H22N2. The van der Waals surface area contributed by atoms with Crippen LogP contribution in [0.2, 0.25) is 0 Å². The second kappa shape index (κ2) is 6.62. The minimum Gasteiger partial charge on any atom is -0.314 e. The largest absolute Gasteiger partial charge is 0.314 e. The molecule has 2 nitrogen and oxygen atoms in total. The first-order chi connectivity index (χ1) is 5.30. The number of piperazine rings is 1. The molecule has 1 heterocycles. The van der Waals surface area contributed by atoms with Crippen LogP contribution in [0.3, 0.4) is 0 Å². The summed E-state index contributed by atoms with van der Waals surface area (Å²) in [5.41, 5.74) is 0. The number of nitrogens with one attached hydrogen (secondary N) is 2. The van der Waals surface area contributed by atoms with Crippen molar-refractivity contribution in [1.82, 2.24) is 10.6 Å². The molecule has 1 rings (SSSR count). The molecule has 0 aromatic heterocycles. The average Bonchev–Trinajstić information content (AvgIpc) is 2.10. The van der Waals surface area contributed by atoms with E-state index in [1.807, 2.05) is 13.8 Å². The van der Waals surface area contributed by atoms with Crippen LogP contribution in [-0.4, -0.2) is 25.7 Å². The molecule has 0 spiro atoms. The van der Waals surface area contributed by atoms with Gasteiger partial charge in [0.15, 0.2) is 0 Å². The van der Waals surface area contributed by atoms with E-state index in [1.54, 1.807) is 0 Å². The SMILES string of the molecule is CC.CC(C)C1CNCCN1. The Kier molecular flexibility index (Phi) is 6.57. The summed E-state index contributed by atoms with van der Waals surface area (Å²) in [6.45, 7) is 11.9. The molecule has 0 aromatic rings. The summed E-state index contributed by atoms with van der Waals surface area (Å²) >= 11 is 0. The van der Waals surface area contributed by atoms with Gasteiger partial charge in [-0.05, 0) is 5.92 Å². The van der Waals surface area contributed by atoms with Crippen molar-refractivity contribution in [2.75, 3.05) is 19.6 Å². The highest BCUT2D eigenvalue weighted by Gasteiger charge is 2.14. The van der Waals surface area contributed by atoms with Crippen molar-refractivity contribution >= 4 is 0 Å². The quantitative estimate of drug-likeness (QED) is 0.600. The van der Waals surface area contributed by atoms with Crippen LogP contribution in [0.1, 0.15) is 27.7 Å². The summed E-state index contributed by atoms with van der Waals surface area (Å²) in [6.07, 6.45) is 0. The Labute approximate surface area is 70.8 Å². The monoisotopic (exact) mass is 158 g/mol. The third kappa shape index (κ3) is 4.38. The second-order valence-corrected chi connectivity index (χ2v) is 3.01. The highest BCUT2D eigenvalue weighted by Crippen LogP contribution is 2.00. The van der Waals surface area contributed by atoms with Gasteiger partial charge < -0.3 is 10.6 Å². The third-order valence-corrected chi connectivity index (χ3v) is 1.88. The van der Waals surface area contributed by atoms with Gasteiger partial charge in [-0.15, -0.1) is 0 Å². The number of rotatable bonds is 1. The molecule has 0 radical (unpaired) electrons. The Hall–Kier alpha value is -0.0800. The highest BCUT2D eigenvalue weighted by molar-refractivity contribution is 4.77. The lowest BCUT2D eigenvalue weighted by Crippen LogP contribution is -2.50. The molecule has 1 aliphatic heterocycles. The second-order valence-electron chi connectivity index (χ2n) is 3.01. The maximum Gasteiger partial charge on any atom is 0.0215 e. The van der Waals surface area contributed by atoms with Gasteiger partial charge in [0.05, 0.1) is 0 Å². The van der Waals surface area contributed by atoms with Crippen molar-refractivity contribution in [2.24, 2.45) is 5.92 Å². The molecule has 1 unspecified atom stereocenters. The fourth-order valence-corrected chi connectivity index (χ4v) is 1.15. The molecule has 1 atom stereocenters. The molecule has 0 amide bonds. The zero-order valence-corrected chi connectivity index (χ0v) is 8.28. The fourth-order valence-electron chi connectivity index (χ4n) is 1.15. The molecule has 2 heteroatoms. The van der Waals surface area contributed by atoms with Gasteiger partial charge in [-0.2, -0.15) is 0 Å². The lowest BCUT2D eigenvalue weighted by atomic mass is 10.0. The first kappa shape index (κ1) is 10.9. The van der Waals surface area contributed by atoms with Crippen molar-refractivity contribution in [3.63, 3.8) is 0 Å². The molecule has 11 heavy (non-hydrogen) atoms. The van der Waals surface area contributed by atoms with Gasteiger partial charge in [-0.1, -0.05) is 27.7 Å². The van der Waals surface area contributed by atoms with Crippen molar-refractivity contribution in [2.45, 2.75) is 33.7 Å². The molecule has 0 aliphatic carbocycles. The molecule has 1 saturated heterocycles. The summed E-state index contributed by atoms with van der Waals surface area (Å²) in [6, 6.07) is 0.693. The van der Waals surface area contributed by atoms with Gasteiger partial charge in [0.2, 0.25) is 0 Å². The van der Waals surface area contributed by atoms with Gasteiger partial charge in [0, 0.05) is 25.7 Å². The molecular weight excluding hydrogens is 136 g/mol. The Morgan fingerprint density at radius 3 is 2.09 bits per heavy atom. The maximum atomic E-state index is 3.46. The van der Waals surface area contributed by atoms with Crippen molar-refractivity contribution in [3.05, 3.63) is 0 Å². The molecule has 0 aromatic carbocycles. The Bertz CT molecular complexity index is 75.6. The normalized spacial score (nSPS) is 24.3. The van der Waals surface area contributed by atoms with E-state index in [2.05, 4.69) is 24.5 Å². The van der Waals surface area contributed by atoms with Crippen LogP contribution in [0.25, 0.3) is 0 Å². The van der Waals surface area contributed by atoms with E-state index in [0.29, 0.717) is 6.04 Å². The smallest absolute Gasteiger partial charge is 0.0215 e. The van der Waals surface area contributed by atoms with Gasteiger partial charge in [-0.3, -0.25) is 0 Å². The van der Waals surface area contributed by atoms with Gasteiger partial charge in [0.25, 0.3) is 0 Å². The van der Waals surface area contributed by atoms with Crippen LogP contribution in [-0.2, 0) is 0 Å². The Morgan fingerprint density at radius 1 is 1.18 bits per heavy atom. The van der Waals surface area contributed by atoms with Crippen LogP contribution >= 0.6 is 0 Å². The molecule has 68 valence electrons. The predicted octanol–water partition coefficient (Wildman–Crippen LogP) is 1.23. The predicted molar refractivity (Wildman–Crippen MR) is 50.8 cm³/mol. The third-order valence-electron chi connectivity index (χ3n) is 1.88. The lowest BCUT2D eigenvalue weighted by molar-refractivity contribution is 0.342. The molecule has 0 bridgehead atoms.